The summed E-state index contributed by atoms with van der Waals surface area (Å²) < 4.78 is 0. The third-order valence-corrected chi connectivity index (χ3v) is 3.60. The van der Waals surface area contributed by atoms with Gasteiger partial charge in [-0.3, -0.25) is 0 Å². The number of hydrogen-bond donors (Lipinski definition) is 2. The number of nitrogens with one attached hydrogen (secondary N) is 2. The molecule has 0 aromatic heterocycles. The second kappa shape index (κ2) is 7.17. The lowest BCUT2D eigenvalue weighted by atomic mass is 10.3. The summed E-state index contributed by atoms with van der Waals surface area (Å²) in [4.78, 5) is 27.3. The van der Waals surface area contributed by atoms with E-state index in [1.54, 1.807) is 41.1 Å². The highest BCUT2D eigenvalue weighted by Gasteiger charge is 2.21. The standard InChI is InChI=1S/C14H19ClN4O2/c1-16-13(20)18-6-3-7-19(9-8-18)14(21)17-12-5-2-4-11(15)10-12/h2,4-5,10H,3,6-9H2,1H3,(H,16,20)(H,17,21). The van der Waals surface area contributed by atoms with Crippen molar-refractivity contribution in [3.05, 3.63) is 29.3 Å². The number of benzene rings is 1. The van der Waals surface area contributed by atoms with Gasteiger partial charge in [0.05, 0.1) is 0 Å². The van der Waals surface area contributed by atoms with Crippen molar-refractivity contribution in [1.82, 2.24) is 15.1 Å². The van der Waals surface area contributed by atoms with E-state index < -0.39 is 0 Å². The molecule has 2 N–H and O–H groups in total. The Hall–Kier alpha value is -1.95. The van der Waals surface area contributed by atoms with Crippen LogP contribution >= 0.6 is 11.6 Å². The molecule has 21 heavy (non-hydrogen) atoms. The minimum absolute atomic E-state index is 0.105. The SMILES string of the molecule is CNC(=O)N1CCCN(C(=O)Nc2cccc(Cl)c2)CC1. The molecule has 0 aliphatic carbocycles. The fraction of sp³-hybridized carbons (Fsp3) is 0.429. The Morgan fingerprint density at radius 2 is 1.76 bits per heavy atom. The van der Waals surface area contributed by atoms with E-state index in [0.29, 0.717) is 36.9 Å². The Labute approximate surface area is 129 Å². The molecule has 1 aromatic carbocycles. The van der Waals surface area contributed by atoms with E-state index in [0.717, 1.165) is 6.42 Å². The lowest BCUT2D eigenvalue weighted by Crippen LogP contribution is -2.42. The van der Waals surface area contributed by atoms with Crippen molar-refractivity contribution >= 4 is 29.4 Å². The van der Waals surface area contributed by atoms with Gasteiger partial charge in [-0.15, -0.1) is 0 Å². The molecule has 6 nitrogen and oxygen atoms in total. The van der Waals surface area contributed by atoms with E-state index in [2.05, 4.69) is 10.6 Å². The second-order valence-corrected chi connectivity index (χ2v) is 5.26. The van der Waals surface area contributed by atoms with Crippen molar-refractivity contribution < 1.29 is 9.59 Å². The highest BCUT2D eigenvalue weighted by atomic mass is 35.5. The molecule has 0 bridgehead atoms. The normalized spacial score (nSPS) is 15.3. The zero-order chi connectivity index (χ0) is 15.2. The summed E-state index contributed by atoms with van der Waals surface area (Å²) >= 11 is 5.89. The first kappa shape index (κ1) is 15.4. The van der Waals surface area contributed by atoms with Crippen LogP contribution < -0.4 is 10.6 Å². The first-order chi connectivity index (χ1) is 10.1. The van der Waals surface area contributed by atoms with Gasteiger partial charge in [-0.2, -0.15) is 0 Å². The summed E-state index contributed by atoms with van der Waals surface area (Å²) in [6.45, 7) is 2.32. The van der Waals surface area contributed by atoms with Gasteiger partial charge in [0.25, 0.3) is 0 Å². The maximum atomic E-state index is 12.2. The van der Waals surface area contributed by atoms with Gasteiger partial charge in [0.1, 0.15) is 0 Å². The second-order valence-electron chi connectivity index (χ2n) is 4.82. The fourth-order valence-corrected chi connectivity index (χ4v) is 2.44. The van der Waals surface area contributed by atoms with Crippen molar-refractivity contribution in [2.75, 3.05) is 38.5 Å². The van der Waals surface area contributed by atoms with E-state index in [1.165, 1.54) is 0 Å². The third kappa shape index (κ3) is 4.26. The number of halogens is 1. The van der Waals surface area contributed by atoms with E-state index in [1.807, 2.05) is 0 Å². The summed E-state index contributed by atoms with van der Waals surface area (Å²) in [5, 5.41) is 6.01. The van der Waals surface area contributed by atoms with Crippen LogP contribution in [-0.4, -0.2) is 55.1 Å². The Kier molecular flexibility index (Phi) is 5.27. The molecule has 0 atom stereocenters. The Bertz CT molecular complexity index is 523. The molecule has 0 radical (unpaired) electrons. The van der Waals surface area contributed by atoms with Gasteiger partial charge < -0.3 is 20.4 Å². The Morgan fingerprint density at radius 1 is 1.10 bits per heavy atom. The molecule has 0 spiro atoms. The molecule has 4 amide bonds. The maximum Gasteiger partial charge on any atom is 0.321 e. The van der Waals surface area contributed by atoms with Gasteiger partial charge in [0.15, 0.2) is 0 Å². The Morgan fingerprint density at radius 3 is 2.38 bits per heavy atom. The van der Waals surface area contributed by atoms with Crippen LogP contribution in [-0.2, 0) is 0 Å². The molecule has 0 unspecified atom stereocenters. The Balaban J connectivity index is 1.92. The molecule has 1 aliphatic rings. The predicted octanol–water partition coefficient (Wildman–Crippen LogP) is 2.22. The van der Waals surface area contributed by atoms with Crippen LogP contribution in [0.1, 0.15) is 6.42 Å². The maximum absolute atomic E-state index is 12.2. The summed E-state index contributed by atoms with van der Waals surface area (Å²) in [5.41, 5.74) is 0.667. The van der Waals surface area contributed by atoms with Crippen LogP contribution in [0, 0.1) is 0 Å². The highest BCUT2D eigenvalue weighted by Crippen LogP contribution is 2.15. The van der Waals surface area contributed by atoms with Gasteiger partial charge in [-0.05, 0) is 24.6 Å². The van der Waals surface area contributed by atoms with E-state index in [4.69, 9.17) is 11.6 Å². The molecule has 114 valence electrons. The first-order valence-corrected chi connectivity index (χ1v) is 7.26. The third-order valence-electron chi connectivity index (χ3n) is 3.36. The lowest BCUT2D eigenvalue weighted by molar-refractivity contribution is 0.198. The van der Waals surface area contributed by atoms with Crippen LogP contribution in [0.3, 0.4) is 0 Å². The summed E-state index contributed by atoms with van der Waals surface area (Å²) in [6.07, 6.45) is 0.760. The zero-order valence-electron chi connectivity index (χ0n) is 11.9. The van der Waals surface area contributed by atoms with Gasteiger partial charge in [-0.1, -0.05) is 17.7 Å². The number of carbonyl (C=O) groups excluding carboxylic acids is 2. The van der Waals surface area contributed by atoms with Crippen LogP contribution in [0.2, 0.25) is 5.02 Å². The van der Waals surface area contributed by atoms with Gasteiger partial charge >= 0.3 is 12.1 Å². The molecule has 1 aromatic rings. The van der Waals surface area contributed by atoms with Crippen LogP contribution in [0.4, 0.5) is 15.3 Å². The van der Waals surface area contributed by atoms with Gasteiger partial charge in [0, 0.05) is 43.9 Å². The molecule has 1 aliphatic heterocycles. The summed E-state index contributed by atoms with van der Waals surface area (Å²) in [5.74, 6) is 0. The predicted molar refractivity (Wildman–Crippen MR) is 82.7 cm³/mol. The minimum atomic E-state index is -0.170. The number of rotatable bonds is 1. The van der Waals surface area contributed by atoms with Crippen molar-refractivity contribution in [3.63, 3.8) is 0 Å². The number of nitrogens with zero attached hydrogens (tertiary/aromatic N) is 2. The summed E-state index contributed by atoms with van der Waals surface area (Å²) in [7, 11) is 1.61. The fourth-order valence-electron chi connectivity index (χ4n) is 2.25. The average molecular weight is 311 g/mol. The highest BCUT2D eigenvalue weighted by molar-refractivity contribution is 6.30. The van der Waals surface area contributed by atoms with Crippen LogP contribution in [0.25, 0.3) is 0 Å². The molecule has 1 fully saturated rings. The lowest BCUT2D eigenvalue weighted by Gasteiger charge is -2.22. The quantitative estimate of drug-likeness (QED) is 0.835. The number of hydrogen-bond acceptors (Lipinski definition) is 2. The molecular formula is C14H19ClN4O2. The van der Waals surface area contributed by atoms with Crippen molar-refractivity contribution in [2.24, 2.45) is 0 Å². The van der Waals surface area contributed by atoms with Crippen molar-refractivity contribution in [1.29, 1.82) is 0 Å². The molecule has 2 rings (SSSR count). The van der Waals surface area contributed by atoms with Crippen molar-refractivity contribution in [3.8, 4) is 0 Å². The van der Waals surface area contributed by atoms with Crippen molar-refractivity contribution in [2.45, 2.75) is 6.42 Å². The molecule has 0 saturated carbocycles. The number of anilines is 1. The molecule has 7 heteroatoms. The average Bonchev–Trinajstić information content (AvgIpc) is 2.72. The molecule has 1 heterocycles. The van der Waals surface area contributed by atoms with E-state index >= 15 is 0 Å². The number of carbonyl (C=O) groups is 2. The van der Waals surface area contributed by atoms with E-state index in [9.17, 15) is 9.59 Å². The monoisotopic (exact) mass is 310 g/mol. The van der Waals surface area contributed by atoms with Crippen LogP contribution in [0.5, 0.6) is 0 Å². The topological polar surface area (TPSA) is 64.7 Å². The van der Waals surface area contributed by atoms with E-state index in [-0.39, 0.29) is 12.1 Å². The number of urea groups is 2. The molecular weight excluding hydrogens is 292 g/mol. The zero-order valence-corrected chi connectivity index (χ0v) is 12.7. The largest absolute Gasteiger partial charge is 0.341 e. The van der Waals surface area contributed by atoms with Gasteiger partial charge in [-0.25, -0.2) is 9.59 Å². The number of amides is 4. The van der Waals surface area contributed by atoms with Crippen LogP contribution in [0.15, 0.2) is 24.3 Å². The minimum Gasteiger partial charge on any atom is -0.341 e. The smallest absolute Gasteiger partial charge is 0.321 e. The van der Waals surface area contributed by atoms with Gasteiger partial charge in [0.2, 0.25) is 0 Å². The molecule has 1 saturated heterocycles. The summed E-state index contributed by atoms with van der Waals surface area (Å²) in [6, 6.07) is 6.76. The first-order valence-electron chi connectivity index (χ1n) is 6.88.